The van der Waals surface area contributed by atoms with Crippen LogP contribution in [-0.2, 0) is 4.79 Å². The van der Waals surface area contributed by atoms with Crippen molar-refractivity contribution in [3.05, 3.63) is 12.2 Å². The van der Waals surface area contributed by atoms with E-state index in [0.717, 1.165) is 19.6 Å². The van der Waals surface area contributed by atoms with E-state index < -0.39 is 0 Å². The molecule has 3 nitrogen and oxygen atoms in total. The molecule has 1 aliphatic heterocycles. The van der Waals surface area contributed by atoms with Crippen LogP contribution in [0.4, 0.5) is 0 Å². The summed E-state index contributed by atoms with van der Waals surface area (Å²) in [5.41, 5.74) is 0.639. The third kappa shape index (κ3) is 2.81. The lowest BCUT2D eigenvalue weighted by Crippen LogP contribution is -2.55. The molecule has 0 N–H and O–H groups in total. The van der Waals surface area contributed by atoms with Crippen LogP contribution < -0.4 is 0 Å². The van der Waals surface area contributed by atoms with Crippen molar-refractivity contribution in [2.75, 3.05) is 19.6 Å². The Morgan fingerprint density at radius 2 is 2.00 bits per heavy atom. The molecule has 0 spiro atoms. The molecular weight excluding hydrogens is 188 g/mol. The molecule has 1 aliphatic rings. The predicted molar refractivity (Wildman–Crippen MR) is 62.7 cm³/mol. The minimum Gasteiger partial charge on any atom is -0.334 e. The maximum absolute atomic E-state index is 11.8. The van der Waals surface area contributed by atoms with Crippen LogP contribution in [0, 0.1) is 0 Å². The molecule has 0 radical (unpaired) electrons. The van der Waals surface area contributed by atoms with Crippen molar-refractivity contribution >= 4 is 5.91 Å². The average molecular weight is 210 g/mol. The molecular formula is C12H22N2O. The van der Waals surface area contributed by atoms with E-state index in [1.54, 1.807) is 6.92 Å². The highest BCUT2D eigenvalue weighted by Gasteiger charge is 2.28. The SMILES string of the molecule is C=C(C)C(=O)N1CCN(C(C)C)C[C@H]1C. The standard InChI is InChI=1S/C12H22N2O/c1-9(2)12(15)14-7-6-13(10(3)4)8-11(14)5/h10-11H,1,6-8H2,2-5H3/t11-/m1/s1. The van der Waals surface area contributed by atoms with Gasteiger partial charge in [0.2, 0.25) is 5.91 Å². The third-order valence-corrected chi connectivity index (χ3v) is 3.02. The van der Waals surface area contributed by atoms with Crippen molar-refractivity contribution in [1.29, 1.82) is 0 Å². The average Bonchev–Trinajstić information content (AvgIpc) is 2.16. The molecule has 1 amide bonds. The topological polar surface area (TPSA) is 23.6 Å². The van der Waals surface area contributed by atoms with Crippen molar-refractivity contribution in [3.63, 3.8) is 0 Å². The number of rotatable bonds is 2. The number of carbonyl (C=O) groups excluding carboxylic acids is 1. The van der Waals surface area contributed by atoms with Crippen LogP contribution in [0.25, 0.3) is 0 Å². The Labute approximate surface area is 92.7 Å². The Morgan fingerprint density at radius 1 is 1.40 bits per heavy atom. The van der Waals surface area contributed by atoms with E-state index in [2.05, 4.69) is 32.3 Å². The van der Waals surface area contributed by atoms with E-state index in [-0.39, 0.29) is 5.91 Å². The van der Waals surface area contributed by atoms with Crippen LogP contribution in [0.3, 0.4) is 0 Å². The van der Waals surface area contributed by atoms with Crippen molar-refractivity contribution in [1.82, 2.24) is 9.80 Å². The molecule has 3 heteroatoms. The van der Waals surface area contributed by atoms with Crippen LogP contribution in [0.2, 0.25) is 0 Å². The largest absolute Gasteiger partial charge is 0.334 e. The maximum Gasteiger partial charge on any atom is 0.249 e. The Bertz CT molecular complexity index is 260. The quantitative estimate of drug-likeness (QED) is 0.645. The zero-order chi connectivity index (χ0) is 11.6. The van der Waals surface area contributed by atoms with Gasteiger partial charge in [-0.3, -0.25) is 9.69 Å². The second kappa shape index (κ2) is 4.79. The molecule has 0 saturated carbocycles. The minimum absolute atomic E-state index is 0.103. The summed E-state index contributed by atoms with van der Waals surface area (Å²) in [5, 5.41) is 0. The zero-order valence-corrected chi connectivity index (χ0v) is 10.3. The van der Waals surface area contributed by atoms with Crippen LogP contribution in [0.1, 0.15) is 27.7 Å². The van der Waals surface area contributed by atoms with E-state index in [1.165, 1.54) is 0 Å². The number of hydrogen-bond donors (Lipinski definition) is 0. The highest BCUT2D eigenvalue weighted by atomic mass is 16.2. The first-order valence-electron chi connectivity index (χ1n) is 5.64. The van der Waals surface area contributed by atoms with Gasteiger partial charge in [0, 0.05) is 37.3 Å². The molecule has 1 saturated heterocycles. The summed E-state index contributed by atoms with van der Waals surface area (Å²) in [6, 6.07) is 0.861. The van der Waals surface area contributed by atoms with E-state index >= 15 is 0 Å². The van der Waals surface area contributed by atoms with Gasteiger partial charge in [0.25, 0.3) is 0 Å². The second-order valence-electron chi connectivity index (χ2n) is 4.72. The summed E-state index contributed by atoms with van der Waals surface area (Å²) in [4.78, 5) is 16.1. The molecule has 1 fully saturated rings. The van der Waals surface area contributed by atoms with Crippen molar-refractivity contribution in [2.45, 2.75) is 39.8 Å². The molecule has 0 aromatic rings. The molecule has 1 rings (SSSR count). The Hall–Kier alpha value is -0.830. The highest BCUT2D eigenvalue weighted by Crippen LogP contribution is 2.14. The molecule has 0 aromatic heterocycles. The number of carbonyl (C=O) groups is 1. The first-order valence-corrected chi connectivity index (χ1v) is 5.64. The Kier molecular flexibility index (Phi) is 3.91. The van der Waals surface area contributed by atoms with Gasteiger partial charge in [-0.25, -0.2) is 0 Å². The molecule has 1 heterocycles. The van der Waals surface area contributed by atoms with Gasteiger partial charge in [-0.15, -0.1) is 0 Å². The molecule has 1 atom stereocenters. The second-order valence-corrected chi connectivity index (χ2v) is 4.72. The van der Waals surface area contributed by atoms with E-state index in [0.29, 0.717) is 17.7 Å². The lowest BCUT2D eigenvalue weighted by Gasteiger charge is -2.41. The predicted octanol–water partition coefficient (Wildman–Crippen LogP) is 1.50. The van der Waals surface area contributed by atoms with E-state index in [1.807, 2.05) is 4.90 Å². The van der Waals surface area contributed by atoms with Gasteiger partial charge in [0.05, 0.1) is 0 Å². The molecule has 0 unspecified atom stereocenters. The summed E-state index contributed by atoms with van der Waals surface area (Å²) in [6.07, 6.45) is 0. The first-order chi connectivity index (χ1) is 6.93. The van der Waals surface area contributed by atoms with Gasteiger partial charge in [-0.05, 0) is 27.7 Å². The fraction of sp³-hybridized carbons (Fsp3) is 0.750. The number of piperazine rings is 1. The van der Waals surface area contributed by atoms with Gasteiger partial charge in [-0.1, -0.05) is 6.58 Å². The smallest absolute Gasteiger partial charge is 0.249 e. The fourth-order valence-corrected chi connectivity index (χ4v) is 2.00. The monoisotopic (exact) mass is 210 g/mol. The summed E-state index contributed by atoms with van der Waals surface area (Å²) in [5.74, 6) is 0.103. The van der Waals surface area contributed by atoms with Gasteiger partial charge >= 0.3 is 0 Å². The molecule has 0 aliphatic carbocycles. The Morgan fingerprint density at radius 3 is 2.40 bits per heavy atom. The molecule has 0 aromatic carbocycles. The number of amides is 1. The summed E-state index contributed by atoms with van der Waals surface area (Å²) in [6.45, 7) is 14.8. The van der Waals surface area contributed by atoms with Gasteiger partial charge < -0.3 is 4.90 Å². The van der Waals surface area contributed by atoms with Crippen LogP contribution >= 0.6 is 0 Å². The molecule has 86 valence electrons. The summed E-state index contributed by atoms with van der Waals surface area (Å²) < 4.78 is 0. The van der Waals surface area contributed by atoms with Crippen molar-refractivity contribution in [3.8, 4) is 0 Å². The summed E-state index contributed by atoms with van der Waals surface area (Å²) >= 11 is 0. The number of nitrogens with zero attached hydrogens (tertiary/aromatic N) is 2. The lowest BCUT2D eigenvalue weighted by atomic mass is 10.1. The fourth-order valence-electron chi connectivity index (χ4n) is 2.00. The van der Waals surface area contributed by atoms with Gasteiger partial charge in [0.1, 0.15) is 0 Å². The maximum atomic E-state index is 11.8. The summed E-state index contributed by atoms with van der Waals surface area (Å²) in [7, 11) is 0. The van der Waals surface area contributed by atoms with Crippen molar-refractivity contribution < 1.29 is 4.79 Å². The molecule has 0 bridgehead atoms. The first kappa shape index (κ1) is 12.2. The van der Waals surface area contributed by atoms with Crippen LogP contribution in [0.15, 0.2) is 12.2 Å². The lowest BCUT2D eigenvalue weighted by molar-refractivity contribution is -0.131. The third-order valence-electron chi connectivity index (χ3n) is 3.02. The van der Waals surface area contributed by atoms with E-state index in [9.17, 15) is 4.79 Å². The van der Waals surface area contributed by atoms with Gasteiger partial charge in [-0.2, -0.15) is 0 Å². The normalized spacial score (nSPS) is 23.3. The van der Waals surface area contributed by atoms with Crippen LogP contribution in [-0.4, -0.2) is 47.4 Å². The number of hydrogen-bond acceptors (Lipinski definition) is 2. The Balaban J connectivity index is 2.60. The van der Waals surface area contributed by atoms with E-state index in [4.69, 9.17) is 0 Å². The zero-order valence-electron chi connectivity index (χ0n) is 10.3. The molecule has 15 heavy (non-hydrogen) atoms. The minimum atomic E-state index is 0.103. The van der Waals surface area contributed by atoms with Gasteiger partial charge in [0.15, 0.2) is 0 Å². The van der Waals surface area contributed by atoms with Crippen molar-refractivity contribution in [2.24, 2.45) is 0 Å². The van der Waals surface area contributed by atoms with Crippen LogP contribution in [0.5, 0.6) is 0 Å². The highest BCUT2D eigenvalue weighted by molar-refractivity contribution is 5.92.